The van der Waals surface area contributed by atoms with E-state index in [0.717, 1.165) is 11.5 Å². The monoisotopic (exact) mass is 195 g/mol. The van der Waals surface area contributed by atoms with E-state index in [9.17, 15) is 0 Å². The van der Waals surface area contributed by atoms with Crippen LogP contribution >= 0.6 is 0 Å². The number of aryl methyl sites for hydroxylation is 2. The molecule has 3 heteroatoms. The number of aromatic nitrogens is 1. The topological polar surface area (TPSA) is 39.2 Å². The van der Waals surface area contributed by atoms with E-state index in [1.807, 2.05) is 39.8 Å². The number of hydrogen-bond acceptors (Lipinski definition) is 3. The van der Waals surface area contributed by atoms with Gasteiger partial charge in [-0.3, -0.25) is 0 Å². The molecule has 0 aliphatic heterocycles. The second kappa shape index (κ2) is 8.10. The van der Waals surface area contributed by atoms with E-state index in [-0.39, 0.29) is 0 Å². The first-order valence-corrected chi connectivity index (χ1v) is 4.64. The van der Waals surface area contributed by atoms with Crippen LogP contribution in [-0.4, -0.2) is 4.98 Å². The third-order valence-electron chi connectivity index (χ3n) is 1.22. The lowest BCUT2D eigenvalue weighted by atomic mass is 10.5. The molecular weight excluding hydrogens is 178 g/mol. The van der Waals surface area contributed by atoms with Gasteiger partial charge in [0.05, 0.1) is 12.5 Å². The largest absolute Gasteiger partial charge is 0.470 e. The summed E-state index contributed by atoms with van der Waals surface area (Å²) >= 11 is 0. The third-order valence-corrected chi connectivity index (χ3v) is 1.22. The van der Waals surface area contributed by atoms with E-state index in [1.165, 1.54) is 6.39 Å². The summed E-state index contributed by atoms with van der Waals surface area (Å²) in [5.74, 6) is 1.82. The molecule has 0 N–H and O–H groups in total. The number of nitrogens with zero attached hydrogens (tertiary/aromatic N) is 1. The molecule has 0 saturated heterocycles. The summed E-state index contributed by atoms with van der Waals surface area (Å²) in [4.78, 5) is 3.66. The van der Waals surface area contributed by atoms with Crippen LogP contribution in [0.1, 0.15) is 25.4 Å². The van der Waals surface area contributed by atoms with Gasteiger partial charge < -0.3 is 8.83 Å². The van der Waals surface area contributed by atoms with Gasteiger partial charge in [0.15, 0.2) is 6.39 Å². The standard InChI is InChI=1S/C5H6O.C4H5NO.C2H6/c1-5-3-2-4-6-5;1-4-2-5-3-6-4;1-2/h2-4H,1H3;2-3H,1H3;1-2H3. The first kappa shape index (κ1) is 12.5. The highest BCUT2D eigenvalue weighted by molar-refractivity contribution is 4.93. The SMILES string of the molecule is CC.Cc1ccco1.Cc1cnco1. The molecule has 0 aliphatic carbocycles. The van der Waals surface area contributed by atoms with Crippen LogP contribution in [0.4, 0.5) is 0 Å². The van der Waals surface area contributed by atoms with Gasteiger partial charge in [0.25, 0.3) is 0 Å². The highest BCUT2D eigenvalue weighted by Crippen LogP contribution is 1.93. The molecule has 78 valence electrons. The number of rotatable bonds is 0. The molecule has 2 rings (SSSR count). The molecule has 0 unspecified atom stereocenters. The van der Waals surface area contributed by atoms with Crippen LogP contribution in [0.5, 0.6) is 0 Å². The Hall–Kier alpha value is -1.51. The van der Waals surface area contributed by atoms with Gasteiger partial charge in [0.2, 0.25) is 0 Å². The fraction of sp³-hybridized carbons (Fsp3) is 0.364. The van der Waals surface area contributed by atoms with Crippen molar-refractivity contribution >= 4 is 0 Å². The molecule has 2 aromatic rings. The molecule has 0 aromatic carbocycles. The summed E-state index contributed by atoms with van der Waals surface area (Å²) in [5.41, 5.74) is 0. The zero-order chi connectivity index (χ0) is 10.8. The van der Waals surface area contributed by atoms with Crippen LogP contribution in [0.3, 0.4) is 0 Å². The molecule has 0 spiro atoms. The lowest BCUT2D eigenvalue weighted by Crippen LogP contribution is -1.50. The smallest absolute Gasteiger partial charge is 0.180 e. The Kier molecular flexibility index (Phi) is 7.23. The van der Waals surface area contributed by atoms with E-state index in [2.05, 4.69) is 4.98 Å². The zero-order valence-corrected chi connectivity index (χ0v) is 9.15. The molecule has 2 aromatic heterocycles. The maximum atomic E-state index is 4.83. The van der Waals surface area contributed by atoms with Crippen molar-refractivity contribution in [2.75, 3.05) is 0 Å². The minimum absolute atomic E-state index is 0.856. The van der Waals surface area contributed by atoms with E-state index < -0.39 is 0 Å². The van der Waals surface area contributed by atoms with E-state index >= 15 is 0 Å². The molecule has 0 atom stereocenters. The molecule has 0 aliphatic rings. The normalized spacial score (nSPS) is 8.00. The van der Waals surface area contributed by atoms with Gasteiger partial charge in [0.1, 0.15) is 11.5 Å². The molecule has 2 heterocycles. The van der Waals surface area contributed by atoms with Gasteiger partial charge in [0, 0.05) is 0 Å². The van der Waals surface area contributed by atoms with E-state index in [1.54, 1.807) is 12.5 Å². The fourth-order valence-electron chi connectivity index (χ4n) is 0.640. The van der Waals surface area contributed by atoms with Crippen molar-refractivity contribution in [1.29, 1.82) is 0 Å². The fourth-order valence-corrected chi connectivity index (χ4v) is 0.640. The molecule has 3 nitrogen and oxygen atoms in total. The van der Waals surface area contributed by atoms with Crippen LogP contribution < -0.4 is 0 Å². The van der Waals surface area contributed by atoms with Crippen molar-refractivity contribution in [3.05, 3.63) is 42.5 Å². The Morgan fingerprint density at radius 3 is 1.93 bits per heavy atom. The molecule has 0 saturated carbocycles. The average Bonchev–Trinajstić information content (AvgIpc) is 2.83. The van der Waals surface area contributed by atoms with Gasteiger partial charge in [-0.05, 0) is 26.0 Å². The summed E-state index contributed by atoms with van der Waals surface area (Å²) in [6, 6.07) is 3.79. The molecule has 0 fully saturated rings. The van der Waals surface area contributed by atoms with Gasteiger partial charge in [-0.2, -0.15) is 0 Å². The predicted octanol–water partition coefficient (Wildman–Crippen LogP) is 3.60. The Bertz CT molecular complexity index is 253. The third kappa shape index (κ3) is 6.06. The van der Waals surface area contributed by atoms with Crippen molar-refractivity contribution in [2.24, 2.45) is 0 Å². The highest BCUT2D eigenvalue weighted by atomic mass is 16.3. The highest BCUT2D eigenvalue weighted by Gasteiger charge is 1.77. The van der Waals surface area contributed by atoms with Crippen molar-refractivity contribution in [1.82, 2.24) is 4.98 Å². The summed E-state index contributed by atoms with van der Waals surface area (Å²) < 4.78 is 9.56. The van der Waals surface area contributed by atoms with Crippen molar-refractivity contribution in [3.63, 3.8) is 0 Å². The predicted molar refractivity (Wildman–Crippen MR) is 56.0 cm³/mol. The van der Waals surface area contributed by atoms with E-state index in [4.69, 9.17) is 8.83 Å². The maximum absolute atomic E-state index is 4.83. The van der Waals surface area contributed by atoms with Crippen LogP contribution in [0, 0.1) is 13.8 Å². The first-order valence-electron chi connectivity index (χ1n) is 4.64. The molecule has 0 radical (unpaired) electrons. The second-order valence-electron chi connectivity index (χ2n) is 2.34. The Morgan fingerprint density at radius 1 is 1.07 bits per heavy atom. The van der Waals surface area contributed by atoms with Crippen LogP contribution in [0.25, 0.3) is 0 Å². The lowest BCUT2D eigenvalue weighted by molar-refractivity contribution is 0.527. The Morgan fingerprint density at radius 2 is 1.79 bits per heavy atom. The Labute approximate surface area is 84.8 Å². The number of hydrogen-bond donors (Lipinski definition) is 0. The van der Waals surface area contributed by atoms with Crippen molar-refractivity contribution in [3.8, 4) is 0 Å². The van der Waals surface area contributed by atoms with Crippen molar-refractivity contribution < 1.29 is 8.83 Å². The molecular formula is C11H17NO2. The molecule has 14 heavy (non-hydrogen) atoms. The lowest BCUT2D eigenvalue weighted by Gasteiger charge is -1.69. The van der Waals surface area contributed by atoms with Gasteiger partial charge in [-0.1, -0.05) is 13.8 Å². The summed E-state index contributed by atoms with van der Waals surface area (Å²) in [5, 5.41) is 0. The quantitative estimate of drug-likeness (QED) is 0.644. The summed E-state index contributed by atoms with van der Waals surface area (Å²) in [6.45, 7) is 7.77. The second-order valence-corrected chi connectivity index (χ2v) is 2.34. The summed E-state index contributed by atoms with van der Waals surface area (Å²) in [6.07, 6.45) is 4.74. The first-order chi connectivity index (χ1) is 6.79. The minimum atomic E-state index is 0.856. The molecule has 0 amide bonds. The van der Waals surface area contributed by atoms with Crippen LogP contribution in [0.2, 0.25) is 0 Å². The zero-order valence-electron chi connectivity index (χ0n) is 9.15. The van der Waals surface area contributed by atoms with Crippen molar-refractivity contribution in [2.45, 2.75) is 27.7 Å². The van der Waals surface area contributed by atoms with E-state index in [0.29, 0.717) is 0 Å². The number of furan rings is 1. The summed E-state index contributed by atoms with van der Waals surface area (Å²) in [7, 11) is 0. The number of oxazole rings is 1. The van der Waals surface area contributed by atoms with Crippen LogP contribution in [0.15, 0.2) is 39.8 Å². The van der Waals surface area contributed by atoms with Crippen LogP contribution in [-0.2, 0) is 0 Å². The molecule has 0 bridgehead atoms. The Balaban J connectivity index is 0.000000206. The minimum Gasteiger partial charge on any atom is -0.470 e. The van der Waals surface area contributed by atoms with Gasteiger partial charge in [-0.15, -0.1) is 0 Å². The van der Waals surface area contributed by atoms with Gasteiger partial charge in [-0.25, -0.2) is 4.98 Å². The van der Waals surface area contributed by atoms with Gasteiger partial charge >= 0.3 is 0 Å². The maximum Gasteiger partial charge on any atom is 0.180 e. The average molecular weight is 195 g/mol.